The minimum atomic E-state index is -0.317. The number of benzene rings is 1. The molecule has 1 atom stereocenters. The van der Waals surface area contributed by atoms with E-state index in [1.807, 2.05) is 17.6 Å². The minimum Gasteiger partial charge on any atom is -0.382 e. The summed E-state index contributed by atoms with van der Waals surface area (Å²) in [5.41, 5.74) is 2.09. The maximum absolute atomic E-state index is 12.8. The largest absolute Gasteiger partial charge is 0.382 e. The monoisotopic (exact) mass is 392 g/mol. The fourth-order valence-corrected chi connectivity index (χ4v) is 3.74. The van der Waals surface area contributed by atoms with Gasteiger partial charge in [-0.05, 0) is 44.4 Å². The molecule has 5 nitrogen and oxygen atoms in total. The SMILES string of the molecule is CCOCCCNC(=O)c1cn2c3c(cc(Br)cc3c1=O)CC2C. The van der Waals surface area contributed by atoms with E-state index in [1.54, 1.807) is 6.20 Å². The second-order valence-electron chi connectivity index (χ2n) is 6.10. The summed E-state index contributed by atoms with van der Waals surface area (Å²) in [5.74, 6) is -0.317. The summed E-state index contributed by atoms with van der Waals surface area (Å²) < 4.78 is 8.17. The maximum atomic E-state index is 12.8. The van der Waals surface area contributed by atoms with Gasteiger partial charge in [-0.3, -0.25) is 9.59 Å². The summed E-state index contributed by atoms with van der Waals surface area (Å²) in [6, 6.07) is 4.10. The molecule has 0 saturated carbocycles. The van der Waals surface area contributed by atoms with Crippen LogP contribution in [0, 0.1) is 0 Å². The van der Waals surface area contributed by atoms with Crippen LogP contribution in [0.2, 0.25) is 0 Å². The van der Waals surface area contributed by atoms with Crippen LogP contribution in [0.3, 0.4) is 0 Å². The summed E-state index contributed by atoms with van der Waals surface area (Å²) in [6.07, 6.45) is 3.31. The summed E-state index contributed by atoms with van der Waals surface area (Å²) in [4.78, 5) is 25.2. The number of hydrogen-bond acceptors (Lipinski definition) is 3. The molecule has 6 heteroatoms. The fraction of sp³-hybridized carbons (Fsp3) is 0.444. The highest BCUT2D eigenvalue weighted by Gasteiger charge is 2.25. The van der Waals surface area contributed by atoms with Crippen molar-refractivity contribution in [1.82, 2.24) is 9.88 Å². The molecule has 1 aromatic heterocycles. The normalized spacial score (nSPS) is 15.9. The van der Waals surface area contributed by atoms with Crippen molar-refractivity contribution in [2.45, 2.75) is 32.7 Å². The molecule has 2 aromatic rings. The van der Waals surface area contributed by atoms with E-state index in [4.69, 9.17) is 4.74 Å². The third kappa shape index (κ3) is 3.13. The molecule has 0 fully saturated rings. The van der Waals surface area contributed by atoms with Gasteiger partial charge in [-0.1, -0.05) is 15.9 Å². The Balaban J connectivity index is 1.92. The first kappa shape index (κ1) is 17.2. The smallest absolute Gasteiger partial charge is 0.256 e. The van der Waals surface area contributed by atoms with Crippen molar-refractivity contribution in [3.8, 4) is 0 Å². The van der Waals surface area contributed by atoms with Gasteiger partial charge >= 0.3 is 0 Å². The lowest BCUT2D eigenvalue weighted by atomic mass is 10.1. The number of rotatable bonds is 6. The maximum Gasteiger partial charge on any atom is 0.256 e. The fourth-order valence-electron chi connectivity index (χ4n) is 3.24. The molecule has 0 radical (unpaired) electrons. The number of carbonyl (C=O) groups excluding carboxylic acids is 1. The van der Waals surface area contributed by atoms with Gasteiger partial charge in [0.1, 0.15) is 5.56 Å². The molecule has 0 saturated heterocycles. The van der Waals surface area contributed by atoms with Gasteiger partial charge in [-0.25, -0.2) is 0 Å². The van der Waals surface area contributed by atoms with E-state index in [1.165, 1.54) is 0 Å². The molecule has 0 spiro atoms. The second-order valence-corrected chi connectivity index (χ2v) is 7.02. The van der Waals surface area contributed by atoms with Gasteiger partial charge in [-0.15, -0.1) is 0 Å². The number of pyridine rings is 1. The number of nitrogens with zero attached hydrogens (tertiary/aromatic N) is 1. The van der Waals surface area contributed by atoms with Crippen LogP contribution in [0.5, 0.6) is 0 Å². The van der Waals surface area contributed by atoms with Crippen LogP contribution < -0.4 is 10.7 Å². The molecule has 2 heterocycles. The molecular weight excluding hydrogens is 372 g/mol. The molecule has 0 bridgehead atoms. The number of aromatic nitrogens is 1. The molecule has 24 heavy (non-hydrogen) atoms. The zero-order valence-corrected chi connectivity index (χ0v) is 15.5. The Morgan fingerprint density at radius 2 is 2.25 bits per heavy atom. The second kappa shape index (κ2) is 7.07. The zero-order chi connectivity index (χ0) is 17.3. The van der Waals surface area contributed by atoms with Gasteiger partial charge in [0.15, 0.2) is 0 Å². The predicted octanol–water partition coefficient (Wildman–Crippen LogP) is 3.04. The lowest BCUT2D eigenvalue weighted by molar-refractivity contribution is 0.0942. The molecule has 1 aromatic carbocycles. The van der Waals surface area contributed by atoms with Crippen molar-refractivity contribution in [3.05, 3.63) is 44.2 Å². The molecule has 1 N–H and O–H groups in total. The first-order valence-corrected chi connectivity index (χ1v) is 9.05. The van der Waals surface area contributed by atoms with Gasteiger partial charge in [0.05, 0.1) is 5.52 Å². The number of carbonyl (C=O) groups is 1. The third-order valence-electron chi connectivity index (χ3n) is 4.36. The molecule has 1 unspecified atom stereocenters. The average molecular weight is 393 g/mol. The predicted molar refractivity (Wildman–Crippen MR) is 97.8 cm³/mol. The average Bonchev–Trinajstić information content (AvgIpc) is 2.85. The molecule has 1 aliphatic heterocycles. The van der Waals surface area contributed by atoms with Crippen molar-refractivity contribution >= 4 is 32.7 Å². The van der Waals surface area contributed by atoms with Crippen molar-refractivity contribution in [3.63, 3.8) is 0 Å². The Bertz CT molecular complexity index is 844. The Hall–Kier alpha value is -1.66. The van der Waals surface area contributed by atoms with Gasteiger partial charge < -0.3 is 14.6 Å². The lowest BCUT2D eigenvalue weighted by Crippen LogP contribution is -2.31. The van der Waals surface area contributed by atoms with E-state index in [0.717, 1.165) is 28.4 Å². The van der Waals surface area contributed by atoms with Crippen molar-refractivity contribution in [2.75, 3.05) is 19.8 Å². The molecular formula is C18H21BrN2O3. The number of hydrogen-bond donors (Lipinski definition) is 1. The van der Waals surface area contributed by atoms with Gasteiger partial charge in [-0.2, -0.15) is 0 Å². The standard InChI is InChI=1S/C18H21BrN2O3/c1-3-24-6-4-5-20-18(23)15-10-21-11(2)7-12-8-13(19)9-14(16(12)21)17(15)22/h8-11H,3-7H2,1-2H3,(H,20,23). The number of ether oxygens (including phenoxy) is 1. The molecule has 128 valence electrons. The molecule has 1 aliphatic rings. The first-order valence-electron chi connectivity index (χ1n) is 8.26. The topological polar surface area (TPSA) is 60.3 Å². The Labute approximate surface area is 149 Å². The van der Waals surface area contributed by atoms with Crippen molar-refractivity contribution in [1.29, 1.82) is 0 Å². The van der Waals surface area contributed by atoms with Crippen molar-refractivity contribution < 1.29 is 9.53 Å². The van der Waals surface area contributed by atoms with Gasteiger partial charge in [0.25, 0.3) is 5.91 Å². The molecule has 1 amide bonds. The van der Waals surface area contributed by atoms with Gasteiger partial charge in [0.2, 0.25) is 5.43 Å². The van der Waals surface area contributed by atoms with E-state index < -0.39 is 0 Å². The number of nitrogens with one attached hydrogen (secondary N) is 1. The van der Waals surface area contributed by atoms with E-state index >= 15 is 0 Å². The minimum absolute atomic E-state index is 0.205. The van der Waals surface area contributed by atoms with Gasteiger partial charge in [0, 0.05) is 41.9 Å². The van der Waals surface area contributed by atoms with Crippen LogP contribution in [0.25, 0.3) is 10.9 Å². The highest BCUT2D eigenvalue weighted by atomic mass is 79.9. The van der Waals surface area contributed by atoms with Crippen LogP contribution >= 0.6 is 15.9 Å². The quantitative estimate of drug-likeness (QED) is 0.768. The summed E-state index contributed by atoms with van der Waals surface area (Å²) in [7, 11) is 0. The molecule has 0 aliphatic carbocycles. The van der Waals surface area contributed by atoms with Crippen molar-refractivity contribution in [2.24, 2.45) is 0 Å². The van der Waals surface area contributed by atoms with Crippen LogP contribution in [0.4, 0.5) is 0 Å². The Morgan fingerprint density at radius 1 is 1.46 bits per heavy atom. The van der Waals surface area contributed by atoms with E-state index in [-0.39, 0.29) is 22.9 Å². The lowest BCUT2D eigenvalue weighted by Gasteiger charge is -2.13. The van der Waals surface area contributed by atoms with E-state index in [2.05, 4.69) is 34.2 Å². The van der Waals surface area contributed by atoms with Crippen LogP contribution in [0.15, 0.2) is 27.6 Å². The van der Waals surface area contributed by atoms with E-state index in [0.29, 0.717) is 25.1 Å². The number of halogens is 1. The summed E-state index contributed by atoms with van der Waals surface area (Å²) >= 11 is 3.47. The summed E-state index contributed by atoms with van der Waals surface area (Å²) in [5, 5.41) is 3.42. The van der Waals surface area contributed by atoms with Crippen LogP contribution in [-0.2, 0) is 11.2 Å². The molecule has 3 rings (SSSR count). The Kier molecular flexibility index (Phi) is 5.06. The van der Waals surface area contributed by atoms with E-state index in [9.17, 15) is 9.59 Å². The Morgan fingerprint density at radius 3 is 3.00 bits per heavy atom. The third-order valence-corrected chi connectivity index (χ3v) is 4.82. The van der Waals surface area contributed by atoms with Crippen LogP contribution in [0.1, 0.15) is 42.2 Å². The summed E-state index contributed by atoms with van der Waals surface area (Å²) in [6.45, 7) is 5.80. The van der Waals surface area contributed by atoms with Crippen LogP contribution in [-0.4, -0.2) is 30.2 Å². The highest BCUT2D eigenvalue weighted by Crippen LogP contribution is 2.33. The first-order chi connectivity index (χ1) is 11.5. The number of amides is 1. The zero-order valence-electron chi connectivity index (χ0n) is 13.9. The highest BCUT2D eigenvalue weighted by molar-refractivity contribution is 9.10.